The normalized spacial score (nSPS) is 17.7. The van der Waals surface area contributed by atoms with Gasteiger partial charge in [0.1, 0.15) is 5.69 Å². The number of hydrogen-bond donors (Lipinski definition) is 0. The molecule has 0 bridgehead atoms. The second-order valence-electron chi connectivity index (χ2n) is 7.85. The number of aromatic nitrogens is 1. The highest BCUT2D eigenvalue weighted by Crippen LogP contribution is 2.23. The molecule has 4 rings (SSSR count). The zero-order valence-electron chi connectivity index (χ0n) is 16.2. The Bertz CT molecular complexity index is 823. The topological polar surface area (TPSA) is 53.5 Å². The van der Waals surface area contributed by atoms with E-state index in [0.717, 1.165) is 58.3 Å². The Balaban J connectivity index is 1.36. The second kappa shape index (κ2) is 8.55. The van der Waals surface area contributed by atoms with E-state index in [0.29, 0.717) is 17.2 Å². The summed E-state index contributed by atoms with van der Waals surface area (Å²) in [6, 6.07) is 13.9. The number of hydrogen-bond acceptors (Lipinski definition) is 3. The van der Waals surface area contributed by atoms with Gasteiger partial charge in [-0.25, -0.2) is 0 Å². The Morgan fingerprint density at radius 3 is 2.29 bits per heavy atom. The molecule has 2 saturated heterocycles. The number of likely N-dealkylation sites (tertiary alicyclic amines) is 2. The van der Waals surface area contributed by atoms with E-state index in [4.69, 9.17) is 0 Å². The van der Waals surface area contributed by atoms with Gasteiger partial charge in [0.15, 0.2) is 0 Å². The van der Waals surface area contributed by atoms with Crippen LogP contribution < -0.4 is 0 Å². The van der Waals surface area contributed by atoms with Crippen LogP contribution in [0.25, 0.3) is 0 Å². The number of carbonyl (C=O) groups excluding carboxylic acids is 2. The van der Waals surface area contributed by atoms with E-state index < -0.39 is 0 Å². The number of nitrogens with zero attached hydrogens (tertiary/aromatic N) is 3. The Kier molecular flexibility index (Phi) is 5.70. The van der Waals surface area contributed by atoms with Crippen molar-refractivity contribution < 1.29 is 9.59 Å². The van der Waals surface area contributed by atoms with E-state index in [-0.39, 0.29) is 11.8 Å². The lowest BCUT2D eigenvalue weighted by Gasteiger charge is -2.32. The Morgan fingerprint density at radius 1 is 0.893 bits per heavy atom. The molecule has 5 nitrogen and oxygen atoms in total. The minimum atomic E-state index is -0.0609. The van der Waals surface area contributed by atoms with Crippen molar-refractivity contribution in [3.05, 3.63) is 65.5 Å². The number of amides is 2. The summed E-state index contributed by atoms with van der Waals surface area (Å²) in [5.74, 6) is 0.562. The molecule has 0 saturated carbocycles. The summed E-state index contributed by atoms with van der Waals surface area (Å²) in [6.07, 6.45) is 6.78. The van der Waals surface area contributed by atoms with Crippen molar-refractivity contribution in [1.82, 2.24) is 14.8 Å². The third kappa shape index (κ3) is 4.24. The third-order valence-electron chi connectivity index (χ3n) is 5.89. The standard InChI is InChI=1S/C23H27N3O2/c27-22(25-12-4-5-13-25)20-8-11-24-21(17-20)23(28)26-14-9-19(10-15-26)16-18-6-2-1-3-7-18/h1-3,6-8,11,17,19H,4-5,9-10,12-16H2. The molecule has 0 aliphatic carbocycles. The van der Waals surface area contributed by atoms with Crippen LogP contribution in [0.15, 0.2) is 48.7 Å². The molecular weight excluding hydrogens is 350 g/mol. The van der Waals surface area contributed by atoms with Crippen LogP contribution in [0.4, 0.5) is 0 Å². The fourth-order valence-electron chi connectivity index (χ4n) is 4.23. The molecule has 28 heavy (non-hydrogen) atoms. The van der Waals surface area contributed by atoms with Crippen molar-refractivity contribution in [3.8, 4) is 0 Å². The first-order valence-electron chi connectivity index (χ1n) is 10.3. The molecule has 0 unspecified atom stereocenters. The molecule has 2 fully saturated rings. The highest BCUT2D eigenvalue weighted by atomic mass is 16.2. The molecule has 5 heteroatoms. The van der Waals surface area contributed by atoms with Gasteiger partial charge in [0.25, 0.3) is 11.8 Å². The van der Waals surface area contributed by atoms with Gasteiger partial charge in [0.05, 0.1) is 0 Å². The summed E-state index contributed by atoms with van der Waals surface area (Å²) in [5, 5.41) is 0. The SMILES string of the molecule is O=C(c1ccnc(C(=O)N2CCC(Cc3ccccc3)CC2)c1)N1CCCC1. The molecule has 0 radical (unpaired) electrons. The van der Waals surface area contributed by atoms with Gasteiger partial charge in [-0.2, -0.15) is 0 Å². The number of benzene rings is 1. The third-order valence-corrected chi connectivity index (χ3v) is 5.89. The largest absolute Gasteiger partial charge is 0.339 e. The number of pyridine rings is 1. The number of piperidine rings is 1. The fraction of sp³-hybridized carbons (Fsp3) is 0.435. The molecule has 1 aromatic heterocycles. The van der Waals surface area contributed by atoms with Gasteiger partial charge in [0.2, 0.25) is 0 Å². The first kappa shape index (κ1) is 18.7. The maximum absolute atomic E-state index is 12.9. The maximum atomic E-state index is 12.9. The molecule has 0 spiro atoms. The molecule has 3 heterocycles. The Labute approximate surface area is 166 Å². The zero-order valence-corrected chi connectivity index (χ0v) is 16.2. The van der Waals surface area contributed by atoms with Crippen molar-refractivity contribution in [1.29, 1.82) is 0 Å². The van der Waals surface area contributed by atoms with Crippen LogP contribution in [0, 0.1) is 5.92 Å². The summed E-state index contributed by atoms with van der Waals surface area (Å²) >= 11 is 0. The van der Waals surface area contributed by atoms with Gasteiger partial charge in [0, 0.05) is 37.9 Å². The van der Waals surface area contributed by atoms with E-state index in [1.807, 2.05) is 15.9 Å². The summed E-state index contributed by atoms with van der Waals surface area (Å²) in [4.78, 5) is 33.5. The number of rotatable bonds is 4. The molecule has 146 valence electrons. The van der Waals surface area contributed by atoms with E-state index in [2.05, 4.69) is 29.2 Å². The average molecular weight is 377 g/mol. The lowest BCUT2D eigenvalue weighted by atomic mass is 9.90. The molecule has 2 amide bonds. The van der Waals surface area contributed by atoms with Crippen LogP contribution in [0.5, 0.6) is 0 Å². The van der Waals surface area contributed by atoms with Crippen LogP contribution in [0.1, 0.15) is 52.1 Å². The van der Waals surface area contributed by atoms with E-state index >= 15 is 0 Å². The first-order chi connectivity index (χ1) is 13.7. The van der Waals surface area contributed by atoms with Crippen LogP contribution >= 0.6 is 0 Å². The molecule has 1 aromatic carbocycles. The summed E-state index contributed by atoms with van der Waals surface area (Å²) < 4.78 is 0. The highest BCUT2D eigenvalue weighted by Gasteiger charge is 2.26. The van der Waals surface area contributed by atoms with E-state index in [9.17, 15) is 9.59 Å². The van der Waals surface area contributed by atoms with Gasteiger partial charge in [-0.1, -0.05) is 30.3 Å². The predicted molar refractivity (Wildman–Crippen MR) is 108 cm³/mol. The molecule has 2 aliphatic rings. The molecular formula is C23H27N3O2. The van der Waals surface area contributed by atoms with E-state index in [1.54, 1.807) is 18.3 Å². The van der Waals surface area contributed by atoms with Crippen LogP contribution in [0.3, 0.4) is 0 Å². The average Bonchev–Trinajstić information content (AvgIpc) is 3.29. The lowest BCUT2D eigenvalue weighted by Crippen LogP contribution is -2.39. The van der Waals surface area contributed by atoms with Crippen molar-refractivity contribution >= 4 is 11.8 Å². The molecule has 0 N–H and O–H groups in total. The summed E-state index contributed by atoms with van der Waals surface area (Å²) in [7, 11) is 0. The second-order valence-corrected chi connectivity index (χ2v) is 7.85. The van der Waals surface area contributed by atoms with Crippen LogP contribution in [0.2, 0.25) is 0 Å². The predicted octanol–water partition coefficient (Wildman–Crippen LogP) is 3.41. The zero-order chi connectivity index (χ0) is 19.3. The molecule has 2 aromatic rings. The van der Waals surface area contributed by atoms with E-state index in [1.165, 1.54) is 5.56 Å². The van der Waals surface area contributed by atoms with Crippen molar-refractivity contribution in [2.75, 3.05) is 26.2 Å². The highest BCUT2D eigenvalue weighted by molar-refractivity contribution is 5.98. The van der Waals surface area contributed by atoms with Gasteiger partial charge in [-0.15, -0.1) is 0 Å². The van der Waals surface area contributed by atoms with Crippen molar-refractivity contribution in [3.63, 3.8) is 0 Å². The quantitative estimate of drug-likeness (QED) is 0.820. The Morgan fingerprint density at radius 2 is 1.57 bits per heavy atom. The lowest BCUT2D eigenvalue weighted by molar-refractivity contribution is 0.0684. The molecule has 2 aliphatic heterocycles. The Hall–Kier alpha value is -2.69. The summed E-state index contributed by atoms with van der Waals surface area (Å²) in [6.45, 7) is 3.11. The van der Waals surface area contributed by atoms with Gasteiger partial charge >= 0.3 is 0 Å². The number of carbonyl (C=O) groups is 2. The fourth-order valence-corrected chi connectivity index (χ4v) is 4.23. The maximum Gasteiger partial charge on any atom is 0.272 e. The van der Waals surface area contributed by atoms with Gasteiger partial charge < -0.3 is 9.80 Å². The van der Waals surface area contributed by atoms with Gasteiger partial charge in [-0.3, -0.25) is 14.6 Å². The first-order valence-corrected chi connectivity index (χ1v) is 10.3. The van der Waals surface area contributed by atoms with Crippen LogP contribution in [-0.4, -0.2) is 52.8 Å². The van der Waals surface area contributed by atoms with Crippen molar-refractivity contribution in [2.24, 2.45) is 5.92 Å². The smallest absolute Gasteiger partial charge is 0.272 e. The van der Waals surface area contributed by atoms with Crippen molar-refractivity contribution in [2.45, 2.75) is 32.1 Å². The monoisotopic (exact) mass is 377 g/mol. The van der Waals surface area contributed by atoms with Gasteiger partial charge in [-0.05, 0) is 55.7 Å². The van der Waals surface area contributed by atoms with Crippen LogP contribution in [-0.2, 0) is 6.42 Å². The minimum Gasteiger partial charge on any atom is -0.339 e. The molecule has 0 atom stereocenters. The summed E-state index contributed by atoms with van der Waals surface area (Å²) in [5.41, 5.74) is 2.31. The minimum absolute atomic E-state index is 0.00974.